The van der Waals surface area contributed by atoms with Crippen molar-refractivity contribution in [3.63, 3.8) is 0 Å². The van der Waals surface area contributed by atoms with Gasteiger partial charge in [-0.25, -0.2) is 4.79 Å². The number of carbonyl (C=O) groups is 1. The minimum Gasteiger partial charge on any atom is -0.466 e. The van der Waals surface area contributed by atoms with Gasteiger partial charge in [0.15, 0.2) is 14.1 Å². The summed E-state index contributed by atoms with van der Waals surface area (Å²) in [7, 11) is -0.697. The van der Waals surface area contributed by atoms with E-state index in [9.17, 15) is 4.79 Å². The third kappa shape index (κ3) is 6.75. The Kier molecular flexibility index (Phi) is 8.31. The van der Waals surface area contributed by atoms with E-state index in [1.54, 1.807) is 0 Å². The first-order valence-electron chi connectivity index (χ1n) is 11.1. The summed E-state index contributed by atoms with van der Waals surface area (Å²) in [5.41, 5.74) is 1.12. The third-order valence-corrected chi connectivity index (χ3v) is 10.9. The van der Waals surface area contributed by atoms with E-state index in [2.05, 4.69) is 52.9 Å². The van der Waals surface area contributed by atoms with Crippen LogP contribution in [0.3, 0.4) is 0 Å². The van der Waals surface area contributed by atoms with E-state index in [1.807, 2.05) is 38.1 Å². The van der Waals surface area contributed by atoms with Crippen LogP contribution in [0, 0.1) is 5.92 Å². The number of benzene rings is 1. The highest BCUT2D eigenvalue weighted by atomic mass is 28.4. The van der Waals surface area contributed by atoms with Gasteiger partial charge in [-0.3, -0.25) is 0 Å². The third-order valence-electron chi connectivity index (χ3n) is 6.44. The van der Waals surface area contributed by atoms with Crippen molar-refractivity contribution >= 4 is 14.3 Å². The van der Waals surface area contributed by atoms with E-state index in [1.165, 1.54) is 13.2 Å². The van der Waals surface area contributed by atoms with Crippen molar-refractivity contribution in [3.05, 3.63) is 48.0 Å². The maximum absolute atomic E-state index is 11.5. The number of methoxy groups -OCH3 is 1. The smallest absolute Gasteiger partial charge is 0.330 e. The van der Waals surface area contributed by atoms with Crippen molar-refractivity contribution in [2.75, 3.05) is 7.11 Å². The van der Waals surface area contributed by atoms with Crippen molar-refractivity contribution in [1.29, 1.82) is 0 Å². The van der Waals surface area contributed by atoms with Gasteiger partial charge in [0.25, 0.3) is 0 Å². The summed E-state index contributed by atoms with van der Waals surface area (Å²) in [5, 5.41) is 0.0760. The average molecular weight is 449 g/mol. The Labute approximate surface area is 189 Å². The van der Waals surface area contributed by atoms with Gasteiger partial charge in [0, 0.05) is 12.0 Å². The largest absolute Gasteiger partial charge is 0.466 e. The van der Waals surface area contributed by atoms with Crippen LogP contribution in [0.5, 0.6) is 0 Å². The number of hydrogen-bond acceptors (Lipinski definition) is 5. The molecule has 0 bridgehead atoms. The molecule has 0 N–H and O–H groups in total. The minimum atomic E-state index is -2.07. The van der Waals surface area contributed by atoms with Crippen molar-refractivity contribution in [3.8, 4) is 0 Å². The first kappa shape index (κ1) is 25.8. The van der Waals surface area contributed by atoms with Gasteiger partial charge in [-0.05, 0) is 44.0 Å². The fourth-order valence-corrected chi connectivity index (χ4v) is 4.83. The second-order valence-electron chi connectivity index (χ2n) is 10.4. The zero-order valence-corrected chi connectivity index (χ0v) is 21.6. The van der Waals surface area contributed by atoms with Crippen LogP contribution in [0.25, 0.3) is 0 Å². The summed E-state index contributed by atoms with van der Waals surface area (Å²) >= 11 is 0. The summed E-state index contributed by atoms with van der Waals surface area (Å²) in [6, 6.07) is 10.3. The van der Waals surface area contributed by atoms with Crippen LogP contribution in [0.1, 0.15) is 59.6 Å². The molecule has 0 spiro atoms. The van der Waals surface area contributed by atoms with Crippen LogP contribution in [-0.4, -0.2) is 39.4 Å². The van der Waals surface area contributed by atoms with Crippen LogP contribution in [0.15, 0.2) is 42.5 Å². The molecule has 0 saturated carbocycles. The Bertz CT molecular complexity index is 751. The highest BCUT2D eigenvalue weighted by molar-refractivity contribution is 6.74. The number of ether oxygens (including phenoxy) is 3. The Morgan fingerprint density at radius 2 is 1.81 bits per heavy atom. The lowest BCUT2D eigenvalue weighted by Gasteiger charge is -2.49. The fraction of sp³-hybridized carbons (Fsp3) is 0.640. The first-order chi connectivity index (χ1) is 14.3. The highest BCUT2D eigenvalue weighted by Gasteiger charge is 2.48. The topological polar surface area (TPSA) is 54.0 Å². The lowest BCUT2D eigenvalue weighted by molar-refractivity contribution is -0.331. The quantitative estimate of drug-likeness (QED) is 0.290. The zero-order valence-electron chi connectivity index (χ0n) is 20.6. The van der Waals surface area contributed by atoms with E-state index in [0.29, 0.717) is 6.42 Å². The molecule has 0 aromatic heterocycles. The van der Waals surface area contributed by atoms with Crippen LogP contribution in [-0.2, 0) is 23.4 Å². The van der Waals surface area contributed by atoms with Crippen LogP contribution in [0.4, 0.5) is 0 Å². The first-order valence-corrected chi connectivity index (χ1v) is 14.0. The zero-order chi connectivity index (χ0) is 23.4. The van der Waals surface area contributed by atoms with Crippen molar-refractivity contribution in [2.24, 2.45) is 5.92 Å². The van der Waals surface area contributed by atoms with Gasteiger partial charge in [0.05, 0.1) is 25.4 Å². The molecule has 1 fully saturated rings. The number of esters is 1. The summed E-state index contributed by atoms with van der Waals surface area (Å²) in [6.45, 7) is 17.3. The average Bonchev–Trinajstić information content (AvgIpc) is 2.68. The fourth-order valence-electron chi connectivity index (χ4n) is 3.57. The second kappa shape index (κ2) is 9.99. The summed E-state index contributed by atoms with van der Waals surface area (Å²) in [4.78, 5) is 11.5. The molecule has 1 aromatic carbocycles. The lowest BCUT2D eigenvalue weighted by Crippen LogP contribution is -2.54. The van der Waals surface area contributed by atoms with Gasteiger partial charge in [0.2, 0.25) is 0 Å². The SMILES string of the molecule is COC(=O)/C=C/C[C@H]1OC(C)(C)O[C@@H]([C@H](O[Si](C)(C)C(C)(C)C)c2ccccc2)[C@H]1C. The predicted molar refractivity (Wildman–Crippen MR) is 126 cm³/mol. The molecule has 2 rings (SSSR count). The molecular weight excluding hydrogens is 408 g/mol. The Hall–Kier alpha value is -1.47. The molecule has 0 unspecified atom stereocenters. The molecule has 6 heteroatoms. The van der Waals surface area contributed by atoms with Crippen molar-refractivity contribution < 1.29 is 23.4 Å². The van der Waals surface area contributed by atoms with E-state index >= 15 is 0 Å². The molecule has 1 saturated heterocycles. The van der Waals surface area contributed by atoms with E-state index < -0.39 is 14.1 Å². The number of hydrogen-bond donors (Lipinski definition) is 0. The van der Waals surface area contributed by atoms with Gasteiger partial charge < -0.3 is 18.6 Å². The molecule has 0 amide bonds. The van der Waals surface area contributed by atoms with E-state index in [4.69, 9.17) is 18.6 Å². The minimum absolute atomic E-state index is 0.0605. The summed E-state index contributed by atoms with van der Waals surface area (Å²) in [6.07, 6.45) is 3.38. The molecule has 1 aliphatic heterocycles. The van der Waals surface area contributed by atoms with Gasteiger partial charge >= 0.3 is 5.97 Å². The summed E-state index contributed by atoms with van der Waals surface area (Å²) in [5.74, 6) is -1.06. The molecule has 5 nitrogen and oxygen atoms in total. The molecule has 0 aliphatic carbocycles. The van der Waals surface area contributed by atoms with Gasteiger partial charge in [-0.15, -0.1) is 0 Å². The normalized spacial score (nSPS) is 25.4. The molecule has 1 heterocycles. The van der Waals surface area contributed by atoms with Crippen LogP contribution >= 0.6 is 0 Å². The maximum Gasteiger partial charge on any atom is 0.330 e. The Balaban J connectivity index is 2.38. The number of rotatable bonds is 7. The van der Waals surface area contributed by atoms with E-state index in [-0.39, 0.29) is 35.2 Å². The molecule has 0 radical (unpaired) electrons. The maximum atomic E-state index is 11.5. The molecular formula is C25H40O5Si. The van der Waals surface area contributed by atoms with Gasteiger partial charge in [-0.2, -0.15) is 0 Å². The van der Waals surface area contributed by atoms with Crippen LogP contribution in [0.2, 0.25) is 18.1 Å². The van der Waals surface area contributed by atoms with E-state index in [0.717, 1.165) is 5.56 Å². The van der Waals surface area contributed by atoms with Crippen LogP contribution < -0.4 is 0 Å². The molecule has 1 aliphatic rings. The van der Waals surface area contributed by atoms with Gasteiger partial charge in [-0.1, -0.05) is 64.1 Å². The molecule has 174 valence electrons. The molecule has 31 heavy (non-hydrogen) atoms. The monoisotopic (exact) mass is 448 g/mol. The molecule has 4 atom stereocenters. The Morgan fingerprint density at radius 3 is 2.35 bits per heavy atom. The standard InChI is InChI=1S/C25H40O5Si/c1-18-20(16-13-17-21(26)27-7)28-25(5,6)29-22(18)23(19-14-11-10-12-15-19)30-31(8,9)24(2,3)4/h10-15,17-18,20,22-23H,16H2,1-9H3/b17-13+/t18-,20+,22+,23+/m0/s1. The Morgan fingerprint density at radius 1 is 1.19 bits per heavy atom. The second-order valence-corrected chi connectivity index (χ2v) is 15.1. The molecule has 1 aromatic rings. The predicted octanol–water partition coefficient (Wildman–Crippen LogP) is 6.03. The number of carbonyl (C=O) groups excluding carboxylic acids is 1. The summed E-state index contributed by atoms with van der Waals surface area (Å²) < 4.78 is 24.4. The lowest BCUT2D eigenvalue weighted by atomic mass is 9.87. The van der Waals surface area contributed by atoms with Crippen molar-refractivity contribution in [1.82, 2.24) is 0 Å². The van der Waals surface area contributed by atoms with Crippen molar-refractivity contribution in [2.45, 2.75) is 90.2 Å². The highest BCUT2D eigenvalue weighted by Crippen LogP contribution is 2.45. The van der Waals surface area contributed by atoms with Gasteiger partial charge in [0.1, 0.15) is 0 Å².